The number of carbonyl (C=O) groups is 2. The Kier molecular flexibility index (Phi) is 5.03. The maximum atomic E-state index is 12.0. The molecule has 23 heavy (non-hydrogen) atoms. The molecule has 0 aromatic heterocycles. The predicted octanol–water partition coefficient (Wildman–Crippen LogP) is 2.91. The van der Waals surface area contributed by atoms with Crippen LogP contribution >= 0.6 is 0 Å². The molecule has 0 fully saturated rings. The largest absolute Gasteiger partial charge is 0.457 e. The molecule has 2 aromatic carbocycles. The molecule has 1 amide bonds. The van der Waals surface area contributed by atoms with E-state index in [0.717, 1.165) is 0 Å². The molecule has 1 N–H and O–H groups in total. The van der Waals surface area contributed by atoms with Crippen molar-refractivity contribution in [2.24, 2.45) is 0 Å². The standard InChI is InChI=1S/C16H14N2O5/c1-11(19)17-14-6-3-5-13(9-14)16(20)23-10-12-4-2-7-15(8-12)18(21)22/h2-9H,10H2,1H3,(H,17,19). The van der Waals surface area contributed by atoms with Crippen molar-refractivity contribution in [3.05, 3.63) is 69.8 Å². The van der Waals surface area contributed by atoms with Gasteiger partial charge in [-0.2, -0.15) is 0 Å². The van der Waals surface area contributed by atoms with Crippen LogP contribution in [0.1, 0.15) is 22.8 Å². The number of ether oxygens (including phenoxy) is 1. The number of nitro benzene ring substituents is 1. The summed E-state index contributed by atoms with van der Waals surface area (Å²) >= 11 is 0. The van der Waals surface area contributed by atoms with E-state index in [1.54, 1.807) is 24.3 Å². The second-order valence-corrected chi connectivity index (χ2v) is 4.77. The van der Waals surface area contributed by atoms with Crippen LogP contribution in [0.25, 0.3) is 0 Å². The first-order valence-corrected chi connectivity index (χ1v) is 6.74. The summed E-state index contributed by atoms with van der Waals surface area (Å²) < 4.78 is 5.13. The summed E-state index contributed by atoms with van der Waals surface area (Å²) in [6.45, 7) is 1.29. The van der Waals surface area contributed by atoms with Crippen LogP contribution in [-0.2, 0) is 16.1 Å². The number of carbonyl (C=O) groups excluding carboxylic acids is 2. The molecule has 0 radical (unpaired) electrons. The summed E-state index contributed by atoms with van der Waals surface area (Å²) in [5, 5.41) is 13.3. The number of rotatable bonds is 5. The number of nitro groups is 1. The van der Waals surface area contributed by atoms with Gasteiger partial charge in [-0.05, 0) is 23.8 Å². The van der Waals surface area contributed by atoms with Crippen molar-refractivity contribution < 1.29 is 19.2 Å². The van der Waals surface area contributed by atoms with E-state index in [1.165, 1.54) is 31.2 Å². The van der Waals surface area contributed by atoms with E-state index in [1.807, 2.05) is 0 Å². The van der Waals surface area contributed by atoms with Gasteiger partial charge in [-0.3, -0.25) is 14.9 Å². The first-order valence-electron chi connectivity index (χ1n) is 6.74. The van der Waals surface area contributed by atoms with Gasteiger partial charge in [0.2, 0.25) is 5.91 Å². The van der Waals surface area contributed by atoms with Crippen LogP contribution in [0.5, 0.6) is 0 Å². The zero-order valence-corrected chi connectivity index (χ0v) is 12.3. The number of hydrogen-bond acceptors (Lipinski definition) is 5. The number of esters is 1. The van der Waals surface area contributed by atoms with Crippen LogP contribution in [0.4, 0.5) is 11.4 Å². The highest BCUT2D eigenvalue weighted by Gasteiger charge is 2.10. The fourth-order valence-electron chi connectivity index (χ4n) is 1.92. The second kappa shape index (κ2) is 7.17. The second-order valence-electron chi connectivity index (χ2n) is 4.77. The molecule has 0 bridgehead atoms. The van der Waals surface area contributed by atoms with Crippen LogP contribution in [0.3, 0.4) is 0 Å². The van der Waals surface area contributed by atoms with E-state index in [9.17, 15) is 19.7 Å². The molecular weight excluding hydrogens is 300 g/mol. The van der Waals surface area contributed by atoms with Crippen molar-refractivity contribution in [1.82, 2.24) is 0 Å². The number of benzene rings is 2. The van der Waals surface area contributed by atoms with Gasteiger partial charge in [-0.1, -0.05) is 18.2 Å². The molecule has 0 saturated heterocycles. The van der Waals surface area contributed by atoms with Gasteiger partial charge >= 0.3 is 5.97 Å². The molecule has 2 aromatic rings. The van der Waals surface area contributed by atoms with Gasteiger partial charge in [0.25, 0.3) is 5.69 Å². The fraction of sp³-hybridized carbons (Fsp3) is 0.125. The monoisotopic (exact) mass is 314 g/mol. The maximum Gasteiger partial charge on any atom is 0.338 e. The quantitative estimate of drug-likeness (QED) is 0.520. The lowest BCUT2D eigenvalue weighted by Crippen LogP contribution is -2.09. The minimum atomic E-state index is -0.580. The van der Waals surface area contributed by atoms with Gasteiger partial charge in [0, 0.05) is 24.7 Å². The van der Waals surface area contributed by atoms with Crippen molar-refractivity contribution >= 4 is 23.3 Å². The van der Waals surface area contributed by atoms with Crippen LogP contribution in [0, 0.1) is 10.1 Å². The van der Waals surface area contributed by atoms with E-state index in [-0.39, 0.29) is 23.8 Å². The third-order valence-corrected chi connectivity index (χ3v) is 2.91. The highest BCUT2D eigenvalue weighted by atomic mass is 16.6. The number of nitrogens with zero attached hydrogens (tertiary/aromatic N) is 1. The van der Waals surface area contributed by atoms with Gasteiger partial charge < -0.3 is 10.1 Å². The van der Waals surface area contributed by atoms with Crippen molar-refractivity contribution in [2.75, 3.05) is 5.32 Å². The molecular formula is C16H14N2O5. The Bertz CT molecular complexity index is 758. The smallest absolute Gasteiger partial charge is 0.338 e. The van der Waals surface area contributed by atoms with Crippen molar-refractivity contribution in [3.8, 4) is 0 Å². The lowest BCUT2D eigenvalue weighted by molar-refractivity contribution is -0.384. The number of amides is 1. The Labute approximate surface area is 132 Å². The molecule has 118 valence electrons. The number of hydrogen-bond donors (Lipinski definition) is 1. The predicted molar refractivity (Wildman–Crippen MR) is 83.0 cm³/mol. The molecule has 7 heteroatoms. The topological polar surface area (TPSA) is 98.5 Å². The Morgan fingerprint density at radius 3 is 2.61 bits per heavy atom. The van der Waals surface area contributed by atoms with Crippen molar-refractivity contribution in [3.63, 3.8) is 0 Å². The zero-order valence-electron chi connectivity index (χ0n) is 12.3. The molecule has 0 spiro atoms. The minimum Gasteiger partial charge on any atom is -0.457 e. The summed E-state index contributed by atoms with van der Waals surface area (Å²) in [5.41, 5.74) is 1.22. The summed E-state index contributed by atoms with van der Waals surface area (Å²) in [6.07, 6.45) is 0. The highest BCUT2D eigenvalue weighted by molar-refractivity contribution is 5.93. The van der Waals surface area contributed by atoms with Gasteiger partial charge in [0.1, 0.15) is 6.61 Å². The third kappa shape index (κ3) is 4.63. The average molecular weight is 314 g/mol. The normalized spacial score (nSPS) is 9.96. The molecule has 2 rings (SSSR count). The summed E-state index contributed by atoms with van der Waals surface area (Å²) in [6, 6.07) is 12.2. The Balaban J connectivity index is 2.03. The lowest BCUT2D eigenvalue weighted by Gasteiger charge is -2.07. The van der Waals surface area contributed by atoms with Gasteiger partial charge in [-0.25, -0.2) is 4.79 Å². The maximum absolute atomic E-state index is 12.0. The van der Waals surface area contributed by atoms with Crippen LogP contribution in [-0.4, -0.2) is 16.8 Å². The van der Waals surface area contributed by atoms with E-state index in [0.29, 0.717) is 11.3 Å². The summed E-state index contributed by atoms with van der Waals surface area (Å²) in [7, 11) is 0. The fourth-order valence-corrected chi connectivity index (χ4v) is 1.92. The Morgan fingerprint density at radius 2 is 1.91 bits per heavy atom. The van der Waals surface area contributed by atoms with Crippen LogP contribution < -0.4 is 5.32 Å². The van der Waals surface area contributed by atoms with Crippen LogP contribution in [0.15, 0.2) is 48.5 Å². The van der Waals surface area contributed by atoms with Gasteiger partial charge in [-0.15, -0.1) is 0 Å². The number of nitrogens with one attached hydrogen (secondary N) is 1. The number of non-ortho nitro benzene ring substituents is 1. The Hall–Kier alpha value is -3.22. The summed E-state index contributed by atoms with van der Waals surface area (Å²) in [5.74, 6) is -0.823. The van der Waals surface area contributed by atoms with Crippen LogP contribution in [0.2, 0.25) is 0 Å². The minimum absolute atomic E-state index is 0.0637. The first kappa shape index (κ1) is 16.2. The van der Waals surface area contributed by atoms with Crippen molar-refractivity contribution in [2.45, 2.75) is 13.5 Å². The SMILES string of the molecule is CC(=O)Nc1cccc(C(=O)OCc2cccc([N+](=O)[O-])c2)c1. The summed E-state index contributed by atoms with van der Waals surface area (Å²) in [4.78, 5) is 33.2. The van der Waals surface area contributed by atoms with Crippen molar-refractivity contribution in [1.29, 1.82) is 0 Å². The molecule has 0 unspecified atom stereocenters. The molecule has 7 nitrogen and oxygen atoms in total. The highest BCUT2D eigenvalue weighted by Crippen LogP contribution is 2.16. The van der Waals surface area contributed by atoms with E-state index in [4.69, 9.17) is 4.74 Å². The van der Waals surface area contributed by atoms with E-state index >= 15 is 0 Å². The van der Waals surface area contributed by atoms with E-state index < -0.39 is 10.9 Å². The molecule has 0 aliphatic heterocycles. The third-order valence-electron chi connectivity index (χ3n) is 2.91. The lowest BCUT2D eigenvalue weighted by atomic mass is 10.2. The zero-order chi connectivity index (χ0) is 16.8. The molecule has 0 heterocycles. The Morgan fingerprint density at radius 1 is 1.17 bits per heavy atom. The van der Waals surface area contributed by atoms with E-state index in [2.05, 4.69) is 5.32 Å². The van der Waals surface area contributed by atoms with Gasteiger partial charge in [0.15, 0.2) is 0 Å². The molecule has 0 atom stereocenters. The molecule has 0 aliphatic carbocycles. The first-order chi connectivity index (χ1) is 11.0. The number of anilines is 1. The molecule has 0 saturated carbocycles. The average Bonchev–Trinajstić information content (AvgIpc) is 2.52. The molecule has 0 aliphatic rings. The van der Waals surface area contributed by atoms with Gasteiger partial charge in [0.05, 0.1) is 10.5 Å².